The quantitative estimate of drug-likeness (QED) is 0.272. The molecule has 4 N–H and O–H groups in total. The normalized spacial score (nSPS) is 15.9. The van der Waals surface area contributed by atoms with Crippen molar-refractivity contribution >= 4 is 21.6 Å². The van der Waals surface area contributed by atoms with Crippen LogP contribution in [-0.2, 0) is 26.4 Å². The van der Waals surface area contributed by atoms with Crippen molar-refractivity contribution < 1.29 is 50.4 Å². The van der Waals surface area contributed by atoms with Crippen molar-refractivity contribution in [2.45, 2.75) is 48.7 Å². The number of alkyl halides is 3. The molecule has 1 aliphatic carbocycles. The van der Waals surface area contributed by atoms with E-state index in [0.29, 0.717) is 36.0 Å². The summed E-state index contributed by atoms with van der Waals surface area (Å²) in [6, 6.07) is 12.5. The minimum Gasteiger partial charge on any atom is -0.454 e. The molecule has 3 aromatic rings. The van der Waals surface area contributed by atoms with Gasteiger partial charge in [0.05, 0.1) is 34.6 Å². The zero-order valence-electron chi connectivity index (χ0n) is 22.7. The van der Waals surface area contributed by atoms with Crippen molar-refractivity contribution in [3.63, 3.8) is 0 Å². The van der Waals surface area contributed by atoms with Gasteiger partial charge >= 0.3 is 6.18 Å². The molecule has 0 unspecified atom stereocenters. The van der Waals surface area contributed by atoms with Crippen molar-refractivity contribution in [2.24, 2.45) is 0 Å². The second-order valence-electron chi connectivity index (χ2n) is 10.8. The monoisotopic (exact) mass is 612 g/mol. The maximum atomic E-state index is 14.3. The first-order valence-corrected chi connectivity index (χ1v) is 14.5. The largest absolute Gasteiger partial charge is 0.454 e. The number of benzene rings is 3. The molecule has 0 saturated heterocycles. The number of aryl methyl sites for hydroxylation is 1. The van der Waals surface area contributed by atoms with Crippen LogP contribution < -0.4 is 19.5 Å². The lowest BCUT2D eigenvalue weighted by Gasteiger charge is -2.26. The molecule has 2 aliphatic rings. The molecular formula is C29H35F3N2O7S. The van der Waals surface area contributed by atoms with Crippen LogP contribution in [0.15, 0.2) is 59.5 Å². The standard InChI is InChI=1S/C29H29F3N2O7S.3H2/c1-17-3-5-19(33-26(37)28(9-10-28)18-4-8-24-25(11-18)41-16-40-24)12-22(17)21-7-6-20(13-23(21)29(30,31)32)42(38,39)34-27(2,14-35)15-36;;;/h3-8,11-13,34-36H,9-10,14-16H2,1-2H3,(H,33,37);3*1H. The van der Waals surface area contributed by atoms with Crippen LogP contribution in [0.2, 0.25) is 0 Å². The van der Waals surface area contributed by atoms with Crippen LogP contribution >= 0.6 is 0 Å². The maximum absolute atomic E-state index is 14.3. The lowest BCUT2D eigenvalue weighted by Crippen LogP contribution is -2.51. The van der Waals surface area contributed by atoms with Gasteiger partial charge in [-0.15, -0.1) is 0 Å². The van der Waals surface area contributed by atoms with Crippen LogP contribution in [-0.4, -0.2) is 50.1 Å². The fraction of sp³-hybridized carbons (Fsp3) is 0.345. The van der Waals surface area contributed by atoms with Crippen molar-refractivity contribution in [1.29, 1.82) is 0 Å². The second kappa shape index (κ2) is 10.6. The fourth-order valence-electron chi connectivity index (χ4n) is 4.86. The van der Waals surface area contributed by atoms with Gasteiger partial charge in [-0.05, 0) is 85.3 Å². The van der Waals surface area contributed by atoms with Gasteiger partial charge in [-0.25, -0.2) is 13.1 Å². The minimum absolute atomic E-state index is 0. The Morgan fingerprint density at radius 2 is 1.67 bits per heavy atom. The second-order valence-corrected chi connectivity index (χ2v) is 12.5. The average Bonchev–Trinajstić information content (AvgIpc) is 3.63. The summed E-state index contributed by atoms with van der Waals surface area (Å²) < 4.78 is 81.4. The summed E-state index contributed by atoms with van der Waals surface area (Å²) >= 11 is 0. The fourth-order valence-corrected chi connectivity index (χ4v) is 6.28. The molecule has 13 heteroatoms. The number of carbonyl (C=O) groups excluding carboxylic acids is 1. The Balaban J connectivity index is 0.00000235. The van der Waals surface area contributed by atoms with Gasteiger partial charge in [0, 0.05) is 9.97 Å². The number of ether oxygens (including phenoxy) is 2. The number of halogens is 3. The molecule has 1 saturated carbocycles. The van der Waals surface area contributed by atoms with E-state index < -0.39 is 50.8 Å². The van der Waals surface area contributed by atoms with E-state index in [9.17, 15) is 36.6 Å². The average molecular weight is 613 g/mol. The Hall–Kier alpha value is -3.65. The number of aliphatic hydroxyl groups excluding tert-OH is 2. The molecule has 9 nitrogen and oxygen atoms in total. The molecule has 0 atom stereocenters. The lowest BCUT2D eigenvalue weighted by molar-refractivity contribution is -0.137. The number of sulfonamides is 1. The topological polar surface area (TPSA) is 134 Å². The van der Waals surface area contributed by atoms with E-state index in [0.717, 1.165) is 17.7 Å². The van der Waals surface area contributed by atoms with Crippen LogP contribution in [0.3, 0.4) is 0 Å². The Bertz CT molecular complexity index is 1670. The lowest BCUT2D eigenvalue weighted by atomic mass is 9.93. The number of nitrogens with one attached hydrogen (secondary N) is 2. The minimum atomic E-state index is -4.93. The molecule has 3 aromatic carbocycles. The van der Waals surface area contributed by atoms with Gasteiger partial charge < -0.3 is 25.0 Å². The van der Waals surface area contributed by atoms with E-state index in [4.69, 9.17) is 9.47 Å². The summed E-state index contributed by atoms with van der Waals surface area (Å²) in [7, 11) is -4.54. The van der Waals surface area contributed by atoms with E-state index in [-0.39, 0.29) is 33.8 Å². The van der Waals surface area contributed by atoms with Gasteiger partial charge in [-0.1, -0.05) is 18.2 Å². The summed E-state index contributed by atoms with van der Waals surface area (Å²) in [6.45, 7) is 1.36. The van der Waals surface area contributed by atoms with Gasteiger partial charge in [0.1, 0.15) is 0 Å². The molecular weight excluding hydrogens is 577 g/mol. The molecule has 0 bridgehead atoms. The number of amides is 1. The zero-order valence-corrected chi connectivity index (χ0v) is 23.5. The summed E-state index contributed by atoms with van der Waals surface area (Å²) in [6.07, 6.45) is -3.75. The SMILES string of the molecule is Cc1ccc(NC(=O)C2(c3ccc4c(c3)OCO4)CC2)cc1-c1ccc(S(=O)(=O)NC(C)(CO)CO)cc1C(F)(F)F.[HH].[HH].[HH]. The van der Waals surface area contributed by atoms with Crippen LogP contribution in [0.25, 0.3) is 11.1 Å². The summed E-state index contributed by atoms with van der Waals surface area (Å²) in [4.78, 5) is 12.7. The zero-order chi connectivity index (χ0) is 30.5. The molecule has 1 fully saturated rings. The first-order valence-electron chi connectivity index (χ1n) is 13.0. The molecule has 42 heavy (non-hydrogen) atoms. The highest BCUT2D eigenvalue weighted by molar-refractivity contribution is 7.89. The van der Waals surface area contributed by atoms with Gasteiger partial charge in [-0.3, -0.25) is 4.79 Å². The van der Waals surface area contributed by atoms with E-state index in [1.807, 2.05) is 0 Å². The predicted octanol–water partition coefficient (Wildman–Crippen LogP) is 4.84. The van der Waals surface area contributed by atoms with E-state index in [1.54, 1.807) is 37.3 Å². The first kappa shape index (κ1) is 29.8. The Kier molecular flexibility index (Phi) is 7.50. The summed E-state index contributed by atoms with van der Waals surface area (Å²) in [5.74, 6) is 0.821. The Morgan fingerprint density at radius 1 is 0.976 bits per heavy atom. The van der Waals surface area contributed by atoms with E-state index >= 15 is 0 Å². The van der Waals surface area contributed by atoms with Gasteiger partial charge in [0.15, 0.2) is 11.5 Å². The van der Waals surface area contributed by atoms with E-state index in [1.165, 1.54) is 13.0 Å². The molecule has 230 valence electrons. The third-order valence-electron chi connectivity index (χ3n) is 7.58. The van der Waals surface area contributed by atoms with E-state index in [2.05, 4.69) is 10.0 Å². The predicted molar refractivity (Wildman–Crippen MR) is 153 cm³/mol. The number of fused-ring (bicyclic) bond motifs is 1. The molecule has 0 aromatic heterocycles. The maximum Gasteiger partial charge on any atom is 0.417 e. The van der Waals surface area contributed by atoms with Crippen LogP contribution in [0.1, 0.15) is 40.7 Å². The third-order valence-corrected chi connectivity index (χ3v) is 9.22. The first-order chi connectivity index (χ1) is 19.7. The molecule has 1 amide bonds. The van der Waals surface area contributed by atoms with Gasteiger partial charge in [0.2, 0.25) is 22.7 Å². The molecule has 0 radical (unpaired) electrons. The van der Waals surface area contributed by atoms with Gasteiger partial charge in [-0.2, -0.15) is 13.2 Å². The Labute approximate surface area is 244 Å². The number of aliphatic hydroxyl groups is 2. The number of rotatable bonds is 9. The summed E-state index contributed by atoms with van der Waals surface area (Å²) in [5, 5.41) is 21.7. The third kappa shape index (κ3) is 5.56. The van der Waals surface area contributed by atoms with Crippen LogP contribution in [0.4, 0.5) is 18.9 Å². The van der Waals surface area contributed by atoms with Gasteiger partial charge in [0.25, 0.3) is 0 Å². The van der Waals surface area contributed by atoms with Crippen molar-refractivity contribution in [3.8, 4) is 22.6 Å². The number of carbonyl (C=O) groups is 1. The number of hydrogen-bond donors (Lipinski definition) is 4. The summed E-state index contributed by atoms with van der Waals surface area (Å²) in [5.41, 5.74) is -2.31. The highest BCUT2D eigenvalue weighted by atomic mass is 32.2. The number of hydrogen-bond acceptors (Lipinski definition) is 7. The molecule has 0 spiro atoms. The van der Waals surface area contributed by atoms with Crippen molar-refractivity contribution in [2.75, 3.05) is 25.3 Å². The Morgan fingerprint density at radius 3 is 2.31 bits per heavy atom. The molecule has 5 rings (SSSR count). The molecule has 1 heterocycles. The smallest absolute Gasteiger partial charge is 0.417 e. The van der Waals surface area contributed by atoms with Crippen LogP contribution in [0, 0.1) is 6.92 Å². The van der Waals surface area contributed by atoms with Crippen molar-refractivity contribution in [1.82, 2.24) is 4.72 Å². The molecule has 1 aliphatic heterocycles. The highest BCUT2D eigenvalue weighted by Crippen LogP contribution is 2.51. The highest BCUT2D eigenvalue weighted by Gasteiger charge is 2.51. The van der Waals surface area contributed by atoms with Crippen LogP contribution in [0.5, 0.6) is 11.5 Å². The van der Waals surface area contributed by atoms with Crippen molar-refractivity contribution in [3.05, 3.63) is 71.3 Å². The number of anilines is 1.